The summed E-state index contributed by atoms with van der Waals surface area (Å²) in [5.41, 5.74) is 0. The van der Waals surface area contributed by atoms with Crippen molar-refractivity contribution < 1.29 is 17.9 Å². The van der Waals surface area contributed by atoms with Crippen molar-refractivity contribution in [3.8, 4) is 0 Å². The zero-order valence-electron chi connectivity index (χ0n) is 10.8. The molecule has 0 saturated heterocycles. The maximum absolute atomic E-state index is 12.1. The number of carbonyl (C=O) groups is 1. The lowest BCUT2D eigenvalue weighted by Gasteiger charge is -2.17. The third kappa shape index (κ3) is 4.87. The Bertz CT molecular complexity index is 539. The highest BCUT2D eigenvalue weighted by molar-refractivity contribution is 9.11. The molecule has 0 aromatic carbocycles. The van der Waals surface area contributed by atoms with Crippen molar-refractivity contribution in [1.82, 2.24) is 4.72 Å². The van der Waals surface area contributed by atoms with Crippen molar-refractivity contribution in [3.05, 3.63) is 15.9 Å². The van der Waals surface area contributed by atoms with Crippen LogP contribution in [0.15, 0.2) is 20.1 Å². The summed E-state index contributed by atoms with van der Waals surface area (Å²) in [4.78, 5) is 11.6. The van der Waals surface area contributed by atoms with Crippen LogP contribution in [-0.2, 0) is 19.6 Å². The quantitative estimate of drug-likeness (QED) is 0.781. The van der Waals surface area contributed by atoms with Crippen molar-refractivity contribution in [2.75, 3.05) is 7.11 Å². The summed E-state index contributed by atoms with van der Waals surface area (Å²) >= 11 is 4.30. The van der Waals surface area contributed by atoms with Gasteiger partial charge >= 0.3 is 5.97 Å². The summed E-state index contributed by atoms with van der Waals surface area (Å²) < 4.78 is 32.2. The van der Waals surface area contributed by atoms with Gasteiger partial charge in [0.15, 0.2) is 0 Å². The Balaban J connectivity index is 2.92. The maximum atomic E-state index is 12.1. The number of sulfonamides is 1. The van der Waals surface area contributed by atoms with Gasteiger partial charge in [-0.3, -0.25) is 4.79 Å². The lowest BCUT2D eigenvalue weighted by atomic mass is 10.1. The zero-order valence-corrected chi connectivity index (χ0v) is 14.1. The normalized spacial score (nSPS) is 13.5. The number of halogens is 1. The van der Waals surface area contributed by atoms with Gasteiger partial charge in [0, 0.05) is 0 Å². The molecule has 0 spiro atoms. The van der Waals surface area contributed by atoms with Crippen LogP contribution in [-0.4, -0.2) is 27.5 Å². The summed E-state index contributed by atoms with van der Waals surface area (Å²) in [7, 11) is -2.46. The predicted octanol–water partition coefficient (Wildman–Crippen LogP) is 2.38. The summed E-state index contributed by atoms with van der Waals surface area (Å²) in [5.74, 6) is -0.408. The Kier molecular flexibility index (Phi) is 5.97. The summed E-state index contributed by atoms with van der Waals surface area (Å²) in [6.07, 6.45) is 0.387. The van der Waals surface area contributed by atoms with Gasteiger partial charge in [0.25, 0.3) is 10.0 Å². The molecule has 0 saturated carbocycles. The highest BCUT2D eigenvalue weighted by Gasteiger charge is 2.27. The summed E-state index contributed by atoms with van der Waals surface area (Å²) in [6.45, 7) is 3.82. The minimum atomic E-state index is -3.70. The van der Waals surface area contributed by atoms with Gasteiger partial charge in [-0.2, -0.15) is 4.72 Å². The van der Waals surface area contributed by atoms with Crippen molar-refractivity contribution in [2.24, 2.45) is 5.92 Å². The van der Waals surface area contributed by atoms with Gasteiger partial charge in [-0.15, -0.1) is 11.3 Å². The van der Waals surface area contributed by atoms with Crippen LogP contribution in [0.2, 0.25) is 0 Å². The Morgan fingerprint density at radius 1 is 1.47 bits per heavy atom. The molecular weight excluding hydrogens is 354 g/mol. The Labute approximate surface area is 125 Å². The van der Waals surface area contributed by atoms with E-state index in [4.69, 9.17) is 0 Å². The Hall–Kier alpha value is -0.440. The molecule has 5 nitrogen and oxygen atoms in total. The Morgan fingerprint density at radius 2 is 2.11 bits per heavy atom. The van der Waals surface area contributed by atoms with Crippen LogP contribution in [0.25, 0.3) is 0 Å². The summed E-state index contributed by atoms with van der Waals surface area (Å²) in [6, 6.07) is 2.27. The van der Waals surface area contributed by atoms with Crippen molar-refractivity contribution in [3.63, 3.8) is 0 Å². The number of carbonyl (C=O) groups excluding carboxylic acids is 1. The highest BCUT2D eigenvalue weighted by atomic mass is 79.9. The van der Waals surface area contributed by atoms with Gasteiger partial charge in [0.2, 0.25) is 0 Å². The molecule has 0 radical (unpaired) electrons. The topological polar surface area (TPSA) is 72.5 Å². The van der Waals surface area contributed by atoms with Crippen LogP contribution < -0.4 is 4.72 Å². The number of hydrogen-bond donors (Lipinski definition) is 1. The first kappa shape index (κ1) is 16.6. The first-order valence-electron chi connectivity index (χ1n) is 5.61. The fraction of sp³-hybridized carbons (Fsp3) is 0.545. The third-order valence-corrected chi connectivity index (χ3v) is 5.89. The lowest BCUT2D eigenvalue weighted by molar-refractivity contribution is -0.143. The predicted molar refractivity (Wildman–Crippen MR) is 77.6 cm³/mol. The van der Waals surface area contributed by atoms with Gasteiger partial charge in [-0.05, 0) is 40.4 Å². The van der Waals surface area contributed by atoms with E-state index in [-0.39, 0.29) is 10.1 Å². The maximum Gasteiger partial charge on any atom is 0.323 e. The summed E-state index contributed by atoms with van der Waals surface area (Å²) in [5, 5.41) is 0. The fourth-order valence-corrected chi connectivity index (χ4v) is 4.72. The number of thiophene rings is 1. The second kappa shape index (κ2) is 6.83. The number of methoxy groups -OCH3 is 1. The smallest absolute Gasteiger partial charge is 0.323 e. The molecule has 0 aliphatic heterocycles. The molecule has 1 atom stereocenters. The van der Waals surface area contributed by atoms with Gasteiger partial charge in [-0.1, -0.05) is 13.8 Å². The van der Waals surface area contributed by atoms with E-state index in [1.807, 2.05) is 13.8 Å². The second-order valence-electron chi connectivity index (χ2n) is 4.39. The molecule has 0 amide bonds. The average molecular weight is 370 g/mol. The van der Waals surface area contributed by atoms with Crippen molar-refractivity contribution >= 4 is 43.3 Å². The molecule has 1 N–H and O–H groups in total. The highest BCUT2D eigenvalue weighted by Crippen LogP contribution is 2.26. The molecule has 0 fully saturated rings. The SMILES string of the molecule is COC(=O)C(CC(C)C)NS(=O)(=O)c1ccc(Br)s1. The van der Waals surface area contributed by atoms with E-state index in [0.29, 0.717) is 10.2 Å². The van der Waals surface area contributed by atoms with E-state index in [1.165, 1.54) is 13.2 Å². The van der Waals surface area contributed by atoms with Crippen LogP contribution in [0.1, 0.15) is 20.3 Å². The average Bonchev–Trinajstić information content (AvgIpc) is 2.74. The van der Waals surface area contributed by atoms with Crippen LogP contribution in [0.3, 0.4) is 0 Å². The molecule has 19 heavy (non-hydrogen) atoms. The van der Waals surface area contributed by atoms with Crippen molar-refractivity contribution in [2.45, 2.75) is 30.5 Å². The standard InChI is InChI=1S/C11H16BrNO4S2/c1-7(2)6-8(11(14)17-3)13-19(15,16)10-5-4-9(12)18-10/h4-5,7-8,13H,6H2,1-3H3. The largest absolute Gasteiger partial charge is 0.468 e. The number of nitrogens with one attached hydrogen (secondary N) is 1. The van der Waals surface area contributed by atoms with E-state index < -0.39 is 22.0 Å². The van der Waals surface area contributed by atoms with Gasteiger partial charge in [0.1, 0.15) is 10.3 Å². The number of esters is 1. The molecule has 8 heteroatoms. The number of ether oxygens (including phenoxy) is 1. The first-order valence-corrected chi connectivity index (χ1v) is 8.71. The number of rotatable bonds is 6. The van der Waals surface area contributed by atoms with Crippen LogP contribution in [0.5, 0.6) is 0 Å². The molecule has 0 aliphatic carbocycles. The van der Waals surface area contributed by atoms with Gasteiger partial charge in [0.05, 0.1) is 10.9 Å². The van der Waals surface area contributed by atoms with Gasteiger partial charge < -0.3 is 4.74 Å². The van der Waals surface area contributed by atoms with Crippen LogP contribution in [0.4, 0.5) is 0 Å². The lowest BCUT2D eigenvalue weighted by Crippen LogP contribution is -2.42. The van der Waals surface area contributed by atoms with Crippen molar-refractivity contribution in [1.29, 1.82) is 0 Å². The molecule has 1 rings (SSSR count). The molecule has 0 bridgehead atoms. The monoisotopic (exact) mass is 369 g/mol. The fourth-order valence-electron chi connectivity index (χ4n) is 1.49. The molecule has 108 valence electrons. The number of hydrogen-bond acceptors (Lipinski definition) is 5. The second-order valence-corrected chi connectivity index (χ2v) is 8.79. The zero-order chi connectivity index (χ0) is 14.6. The van der Waals surface area contributed by atoms with Gasteiger partial charge in [-0.25, -0.2) is 8.42 Å². The first-order chi connectivity index (χ1) is 8.76. The van der Waals surface area contributed by atoms with Crippen LogP contribution in [0, 0.1) is 5.92 Å². The van der Waals surface area contributed by atoms with E-state index in [2.05, 4.69) is 25.4 Å². The third-order valence-electron chi connectivity index (χ3n) is 2.30. The molecule has 0 aliphatic rings. The minimum absolute atomic E-state index is 0.164. The Morgan fingerprint density at radius 3 is 2.53 bits per heavy atom. The molecule has 1 unspecified atom stereocenters. The molecule has 1 aromatic rings. The van der Waals surface area contributed by atoms with Crippen LogP contribution >= 0.6 is 27.3 Å². The van der Waals surface area contributed by atoms with E-state index in [9.17, 15) is 13.2 Å². The van der Waals surface area contributed by atoms with E-state index in [0.717, 1.165) is 11.3 Å². The van der Waals surface area contributed by atoms with E-state index >= 15 is 0 Å². The minimum Gasteiger partial charge on any atom is -0.468 e. The molecule has 1 aromatic heterocycles. The van der Waals surface area contributed by atoms with E-state index in [1.54, 1.807) is 6.07 Å². The molecular formula is C11H16BrNO4S2. The molecule has 1 heterocycles.